The summed E-state index contributed by atoms with van der Waals surface area (Å²) in [6.45, 7) is -3.33. The molecule has 16 nitrogen and oxygen atoms in total. The van der Waals surface area contributed by atoms with Gasteiger partial charge in [0.25, 0.3) is 5.12 Å². The van der Waals surface area contributed by atoms with E-state index in [2.05, 4.69) is 0 Å². The van der Waals surface area contributed by atoms with Gasteiger partial charge >= 0.3 is 17.9 Å². The van der Waals surface area contributed by atoms with Crippen LogP contribution in [0.1, 0.15) is 25.7 Å². The number of ether oxygens (including phenoxy) is 3. The maximum absolute atomic E-state index is 12.0. The molecule has 0 fully saturated rings. The first-order chi connectivity index (χ1) is 17.1. The van der Waals surface area contributed by atoms with Crippen LogP contribution in [0.3, 0.4) is 0 Å². The van der Waals surface area contributed by atoms with Gasteiger partial charge in [0, 0.05) is 16.1 Å². The molecule has 0 aliphatic rings. The van der Waals surface area contributed by atoms with E-state index >= 15 is 0 Å². The van der Waals surface area contributed by atoms with Gasteiger partial charge in [-0.1, -0.05) is 0 Å². The zero-order chi connectivity index (χ0) is 28.6. The zero-order valence-electron chi connectivity index (χ0n) is 18.8. The summed E-state index contributed by atoms with van der Waals surface area (Å²) in [5, 5.41) is 9.89. The Hall–Kier alpha value is -2.94. The number of aliphatic hydroxyl groups excluding tert-OH is 1. The van der Waals surface area contributed by atoms with Gasteiger partial charge in [0.15, 0.2) is 0 Å². The Labute approximate surface area is 215 Å². The van der Waals surface area contributed by atoms with Gasteiger partial charge in [-0.2, -0.15) is 25.3 Å². The van der Waals surface area contributed by atoms with E-state index in [-0.39, 0.29) is 0 Å². The highest BCUT2D eigenvalue weighted by Gasteiger charge is 2.36. The first kappa shape index (κ1) is 34.1. The highest BCUT2D eigenvalue weighted by atomic mass is 32.2. The first-order valence-corrected chi connectivity index (χ1v) is 14.8. The number of sulfone groups is 1. The summed E-state index contributed by atoms with van der Waals surface area (Å²) in [6.07, 6.45) is -3.19. The van der Waals surface area contributed by atoms with Gasteiger partial charge in [-0.3, -0.25) is 19.2 Å². The molecule has 0 aromatic heterocycles. The van der Waals surface area contributed by atoms with E-state index in [0.29, 0.717) is 16.1 Å². The molecule has 210 valence electrons. The summed E-state index contributed by atoms with van der Waals surface area (Å²) in [6, 6.07) is 0. The molecular formula is C17H22O16S4. The van der Waals surface area contributed by atoms with Crippen molar-refractivity contribution in [2.45, 2.75) is 25.7 Å². The number of hydrogen-bond donors (Lipinski definition) is 1. The Morgan fingerprint density at radius 3 is 1.43 bits per heavy atom. The molecule has 0 radical (unpaired) electrons. The van der Waals surface area contributed by atoms with Gasteiger partial charge in [-0.15, -0.1) is 0 Å². The molecule has 0 aromatic carbocycles. The van der Waals surface area contributed by atoms with Crippen molar-refractivity contribution in [3.05, 3.63) is 0 Å². The molecule has 0 aliphatic carbocycles. The third-order valence-corrected chi connectivity index (χ3v) is 6.95. The molecule has 37 heavy (non-hydrogen) atoms. The van der Waals surface area contributed by atoms with Gasteiger partial charge in [-0.25, -0.2) is 8.42 Å². The van der Waals surface area contributed by atoms with Crippen LogP contribution in [0.4, 0.5) is 0 Å². The number of hydrogen-bond acceptors (Lipinski definition) is 16. The fraction of sp³-hybridized carbons (Fsp3) is 0.588. The first-order valence-electron chi connectivity index (χ1n) is 9.70. The third-order valence-electron chi connectivity index (χ3n) is 4.03. The summed E-state index contributed by atoms with van der Waals surface area (Å²) < 4.78 is 101. The quantitative estimate of drug-likeness (QED) is 0.0996. The van der Waals surface area contributed by atoms with Crippen LogP contribution in [0.5, 0.6) is 0 Å². The van der Waals surface area contributed by atoms with Gasteiger partial charge < -0.3 is 19.3 Å². The molecular weight excluding hydrogens is 588 g/mol. The molecule has 0 amide bonds. The van der Waals surface area contributed by atoms with Gasteiger partial charge in [0.1, 0.15) is 19.8 Å². The van der Waals surface area contributed by atoms with Crippen LogP contribution >= 0.6 is 0 Å². The molecule has 0 heterocycles. The van der Waals surface area contributed by atoms with Gasteiger partial charge in [0.2, 0.25) is 40.7 Å². The van der Waals surface area contributed by atoms with Crippen LogP contribution in [0, 0.1) is 5.41 Å². The van der Waals surface area contributed by atoms with Crippen molar-refractivity contribution in [3.8, 4) is 0 Å². The maximum Gasteiger partial charge on any atom is 0.310 e. The van der Waals surface area contributed by atoms with E-state index in [1.807, 2.05) is 0 Å². The molecule has 0 aliphatic heterocycles. The van der Waals surface area contributed by atoms with Crippen LogP contribution in [0.2, 0.25) is 0 Å². The third kappa shape index (κ3) is 15.7. The minimum Gasteiger partial charge on any atom is -0.465 e. The molecule has 0 unspecified atom stereocenters. The number of carbonyl (C=O) groups excluding carboxylic acids is 4. The fourth-order valence-corrected chi connectivity index (χ4v) is 3.96. The largest absolute Gasteiger partial charge is 0.465 e. The lowest BCUT2D eigenvalue weighted by Gasteiger charge is -2.30. The molecule has 20 heteroatoms. The average molecular weight is 611 g/mol. The second-order valence-corrected chi connectivity index (χ2v) is 11.6. The monoisotopic (exact) mass is 610 g/mol. The molecule has 0 spiro atoms. The summed E-state index contributed by atoms with van der Waals surface area (Å²) in [5.41, 5.74) is -1.82. The molecule has 0 aromatic rings. The van der Waals surface area contributed by atoms with Crippen molar-refractivity contribution in [1.82, 2.24) is 0 Å². The van der Waals surface area contributed by atoms with Crippen molar-refractivity contribution >= 4 is 79.8 Å². The molecule has 0 saturated heterocycles. The number of esters is 3. The number of rotatable bonds is 16. The van der Waals surface area contributed by atoms with Gasteiger partial charge in [-0.05, 0) is 0 Å². The normalized spacial score (nSPS) is 10.9. The highest BCUT2D eigenvalue weighted by molar-refractivity contribution is 8.06. The predicted octanol–water partition coefficient (Wildman–Crippen LogP) is -3.86. The SMILES string of the molecule is O=C(CC=S(=O)=O)OCC(CO)(COC(=O)CC=S(=O)=O)COC(=O)CCS(=O)(=O)C(=O)CC=S(=O)=O. The Kier molecular flexibility index (Phi) is 15.4. The Bertz CT molecular complexity index is 1300. The maximum atomic E-state index is 12.0. The Morgan fingerprint density at radius 2 is 1.05 bits per heavy atom. The second kappa shape index (κ2) is 16.7. The topological polar surface area (TPSA) is 253 Å². The van der Waals surface area contributed by atoms with Crippen molar-refractivity contribution < 1.29 is 72.2 Å². The van der Waals surface area contributed by atoms with Crippen molar-refractivity contribution in [1.29, 1.82) is 0 Å². The summed E-state index contributed by atoms with van der Waals surface area (Å²) in [4.78, 5) is 47.0. The lowest BCUT2D eigenvalue weighted by Crippen LogP contribution is -2.42. The standard InChI is InChI=1S/C17H22O16S4/c18-9-17(10-31-13(19)1-5-34(23)24,11-32-14(20)2-6-35(25)26)12-33-15(21)4-8-37(29,30)16(22)3-7-36(27)28/h5-7,18H,1-4,8-12H2. The number of carbonyl (C=O) groups is 4. The average Bonchev–Trinajstić information content (AvgIpc) is 2.83. The minimum atomic E-state index is -4.52. The smallest absolute Gasteiger partial charge is 0.310 e. The van der Waals surface area contributed by atoms with Crippen LogP contribution in [0.25, 0.3) is 0 Å². The summed E-state index contributed by atoms with van der Waals surface area (Å²) >= 11 is 0. The fourth-order valence-electron chi connectivity index (χ4n) is 2.02. The van der Waals surface area contributed by atoms with Crippen LogP contribution in [-0.4, -0.2) is 110 Å². The predicted molar refractivity (Wildman–Crippen MR) is 125 cm³/mol. The van der Waals surface area contributed by atoms with Crippen LogP contribution < -0.4 is 0 Å². The zero-order valence-corrected chi connectivity index (χ0v) is 22.1. The molecule has 0 rings (SSSR count). The Morgan fingerprint density at radius 1 is 0.676 bits per heavy atom. The van der Waals surface area contributed by atoms with E-state index in [9.17, 15) is 58.0 Å². The molecule has 0 saturated carbocycles. The lowest BCUT2D eigenvalue weighted by molar-refractivity contribution is -0.164. The highest BCUT2D eigenvalue weighted by Crippen LogP contribution is 2.20. The molecule has 0 atom stereocenters. The van der Waals surface area contributed by atoms with E-state index < -0.39 is 127 Å². The summed E-state index contributed by atoms with van der Waals surface area (Å²) in [5.74, 6) is -4.43. The molecule has 1 N–H and O–H groups in total. The minimum absolute atomic E-state index is 0.412. The van der Waals surface area contributed by atoms with Crippen LogP contribution in [0.15, 0.2) is 0 Å². The number of aliphatic hydroxyl groups is 1. The van der Waals surface area contributed by atoms with Crippen molar-refractivity contribution in [3.63, 3.8) is 0 Å². The van der Waals surface area contributed by atoms with Crippen molar-refractivity contribution in [2.75, 3.05) is 32.2 Å². The van der Waals surface area contributed by atoms with Crippen molar-refractivity contribution in [2.24, 2.45) is 5.41 Å². The molecule has 0 bridgehead atoms. The van der Waals surface area contributed by atoms with E-state index in [0.717, 1.165) is 0 Å². The van der Waals surface area contributed by atoms with E-state index in [1.54, 1.807) is 0 Å². The summed E-state index contributed by atoms with van der Waals surface area (Å²) in [7, 11) is -12.7. The lowest BCUT2D eigenvalue weighted by atomic mass is 9.92. The van der Waals surface area contributed by atoms with Crippen LogP contribution in [-0.2, 0) is 74.1 Å². The van der Waals surface area contributed by atoms with E-state index in [4.69, 9.17) is 14.2 Å². The second-order valence-electron chi connectivity index (χ2n) is 6.97. The Balaban J connectivity index is 5.37. The van der Waals surface area contributed by atoms with Gasteiger partial charge in [0.05, 0.1) is 43.5 Å². The van der Waals surface area contributed by atoms with E-state index in [1.165, 1.54) is 0 Å².